The first kappa shape index (κ1) is 19.3. The first-order valence-electron chi connectivity index (χ1n) is 8.99. The van der Waals surface area contributed by atoms with Gasteiger partial charge in [-0.25, -0.2) is 4.39 Å². The molecule has 150 valence electrons. The number of halogens is 1. The number of hydrogen-bond donors (Lipinski definition) is 1. The zero-order valence-corrected chi connectivity index (χ0v) is 16.3. The van der Waals surface area contributed by atoms with Crippen LogP contribution in [0.3, 0.4) is 0 Å². The summed E-state index contributed by atoms with van der Waals surface area (Å²) in [5.74, 6) is 1.08. The number of ether oxygens (including phenoxy) is 2. The van der Waals surface area contributed by atoms with Gasteiger partial charge in [0.1, 0.15) is 12.4 Å². The Morgan fingerprint density at radius 2 is 1.97 bits per heavy atom. The van der Waals surface area contributed by atoms with Crippen LogP contribution in [0.5, 0.6) is 11.5 Å². The van der Waals surface area contributed by atoms with E-state index in [0.717, 1.165) is 17.3 Å². The van der Waals surface area contributed by atoms with Gasteiger partial charge in [-0.2, -0.15) is 0 Å². The molecule has 0 aliphatic carbocycles. The molecule has 1 aromatic heterocycles. The van der Waals surface area contributed by atoms with Crippen molar-refractivity contribution in [3.05, 3.63) is 65.8 Å². The molecule has 0 spiro atoms. The first-order valence-corrected chi connectivity index (χ1v) is 9.87. The van der Waals surface area contributed by atoms with Crippen LogP contribution in [0, 0.1) is 5.82 Å². The Kier molecular flexibility index (Phi) is 5.66. The molecule has 2 aromatic carbocycles. The number of fused-ring (bicyclic) bond motifs is 1. The fourth-order valence-electron chi connectivity index (χ4n) is 2.68. The van der Waals surface area contributed by atoms with Gasteiger partial charge in [0.05, 0.1) is 5.25 Å². The van der Waals surface area contributed by atoms with E-state index in [1.54, 1.807) is 25.1 Å². The largest absolute Gasteiger partial charge is 0.485 e. The predicted octanol–water partition coefficient (Wildman–Crippen LogP) is 3.52. The Balaban J connectivity index is 1.31. The molecule has 0 saturated carbocycles. The minimum absolute atomic E-state index is 0.190. The van der Waals surface area contributed by atoms with Crippen LogP contribution in [-0.4, -0.2) is 28.0 Å². The average molecular weight is 415 g/mol. The number of benzene rings is 2. The molecular formula is C20H18FN3O4S. The molecule has 9 heteroatoms. The van der Waals surface area contributed by atoms with Crippen molar-refractivity contribution in [2.45, 2.75) is 30.0 Å². The molecule has 1 amide bonds. The van der Waals surface area contributed by atoms with E-state index in [4.69, 9.17) is 13.9 Å². The second-order valence-corrected chi connectivity index (χ2v) is 7.67. The average Bonchev–Trinajstić information content (AvgIpc) is 3.21. The van der Waals surface area contributed by atoms with E-state index in [9.17, 15) is 9.18 Å². The lowest BCUT2D eigenvalue weighted by atomic mass is 10.2. The van der Waals surface area contributed by atoms with Gasteiger partial charge in [0.25, 0.3) is 11.1 Å². The second kappa shape index (κ2) is 8.52. The highest BCUT2D eigenvalue weighted by Gasteiger charge is 2.28. The number of nitrogens with one attached hydrogen (secondary N) is 1. The molecule has 2 atom stereocenters. The summed E-state index contributed by atoms with van der Waals surface area (Å²) in [6.45, 7) is 2.31. The van der Waals surface area contributed by atoms with E-state index < -0.39 is 11.4 Å². The maximum atomic E-state index is 12.9. The summed E-state index contributed by atoms with van der Waals surface area (Å²) in [4.78, 5) is 12.3. The minimum Gasteiger partial charge on any atom is -0.485 e. The fourth-order valence-corrected chi connectivity index (χ4v) is 3.39. The maximum absolute atomic E-state index is 12.9. The molecule has 0 fully saturated rings. The fraction of sp³-hybridized carbons (Fsp3) is 0.250. The molecule has 1 aliphatic rings. The van der Waals surface area contributed by atoms with E-state index in [1.807, 2.05) is 18.2 Å². The van der Waals surface area contributed by atoms with Gasteiger partial charge in [-0.05, 0) is 36.8 Å². The van der Waals surface area contributed by atoms with Crippen LogP contribution in [-0.2, 0) is 11.3 Å². The van der Waals surface area contributed by atoms with E-state index in [-0.39, 0.29) is 23.6 Å². The number of nitrogens with zero attached hydrogens (tertiary/aromatic N) is 2. The highest BCUT2D eigenvalue weighted by atomic mass is 32.2. The normalized spacial score (nSPS) is 16.3. The van der Waals surface area contributed by atoms with Gasteiger partial charge in [-0.15, -0.1) is 10.2 Å². The number of thioether (sulfide) groups is 1. The summed E-state index contributed by atoms with van der Waals surface area (Å²) in [5.41, 5.74) is 0.812. The van der Waals surface area contributed by atoms with E-state index in [1.165, 1.54) is 12.1 Å². The highest BCUT2D eigenvalue weighted by Crippen LogP contribution is 2.36. The molecular weight excluding hydrogens is 397 g/mol. The van der Waals surface area contributed by atoms with Crippen LogP contribution >= 0.6 is 11.8 Å². The lowest BCUT2D eigenvalue weighted by Crippen LogP contribution is -2.30. The van der Waals surface area contributed by atoms with Gasteiger partial charge in [0.2, 0.25) is 12.0 Å². The lowest BCUT2D eigenvalue weighted by Gasteiger charge is -2.23. The lowest BCUT2D eigenvalue weighted by molar-refractivity contribution is -0.120. The highest BCUT2D eigenvalue weighted by molar-refractivity contribution is 8.00. The maximum Gasteiger partial charge on any atom is 0.277 e. The van der Waals surface area contributed by atoms with Crippen LogP contribution in [0.25, 0.3) is 0 Å². The molecule has 29 heavy (non-hydrogen) atoms. The van der Waals surface area contributed by atoms with Crippen molar-refractivity contribution in [2.24, 2.45) is 0 Å². The molecule has 0 radical (unpaired) electrons. The third-order valence-electron chi connectivity index (χ3n) is 4.23. The van der Waals surface area contributed by atoms with Crippen molar-refractivity contribution in [1.29, 1.82) is 0 Å². The smallest absolute Gasteiger partial charge is 0.277 e. The zero-order chi connectivity index (χ0) is 20.2. The Morgan fingerprint density at radius 3 is 2.76 bits per heavy atom. The molecule has 1 aliphatic heterocycles. The third kappa shape index (κ3) is 4.68. The second-order valence-electron chi connectivity index (χ2n) is 6.37. The predicted molar refractivity (Wildman–Crippen MR) is 103 cm³/mol. The van der Waals surface area contributed by atoms with Gasteiger partial charge in [-0.1, -0.05) is 36.0 Å². The molecule has 4 rings (SSSR count). The summed E-state index contributed by atoms with van der Waals surface area (Å²) in [6.07, 6.45) is -0.505. The number of amides is 1. The summed E-state index contributed by atoms with van der Waals surface area (Å²) in [7, 11) is 0. The number of rotatable bonds is 6. The third-order valence-corrected chi connectivity index (χ3v) is 5.17. The van der Waals surface area contributed by atoms with Crippen LogP contribution in [0.4, 0.5) is 4.39 Å². The Bertz CT molecular complexity index is 995. The van der Waals surface area contributed by atoms with Crippen LogP contribution in [0.2, 0.25) is 0 Å². The molecule has 0 unspecified atom stereocenters. The van der Waals surface area contributed by atoms with Crippen molar-refractivity contribution < 1.29 is 23.1 Å². The topological polar surface area (TPSA) is 86.5 Å². The zero-order valence-electron chi connectivity index (χ0n) is 15.5. The summed E-state index contributed by atoms with van der Waals surface area (Å²) >= 11 is 1.15. The molecule has 7 nitrogen and oxygen atoms in total. The quantitative estimate of drug-likeness (QED) is 0.617. The van der Waals surface area contributed by atoms with Crippen molar-refractivity contribution in [3.63, 3.8) is 0 Å². The first-order chi connectivity index (χ1) is 14.1. The van der Waals surface area contributed by atoms with Crippen LogP contribution in [0.15, 0.2) is 58.2 Å². The Hall–Kier alpha value is -3.07. The van der Waals surface area contributed by atoms with Gasteiger partial charge >= 0.3 is 0 Å². The summed E-state index contributed by atoms with van der Waals surface area (Å²) < 4.78 is 30.1. The van der Waals surface area contributed by atoms with E-state index >= 15 is 0 Å². The molecule has 1 N–H and O–H groups in total. The molecule has 2 heterocycles. The van der Waals surface area contributed by atoms with E-state index in [0.29, 0.717) is 23.9 Å². The Morgan fingerprint density at radius 1 is 1.21 bits per heavy atom. The monoisotopic (exact) mass is 415 g/mol. The molecule has 0 bridgehead atoms. The van der Waals surface area contributed by atoms with Gasteiger partial charge in [0, 0.05) is 6.54 Å². The summed E-state index contributed by atoms with van der Waals surface area (Å²) in [6, 6.07) is 13.3. The number of carbonyl (C=O) groups is 1. The minimum atomic E-state index is -0.505. The van der Waals surface area contributed by atoms with Crippen molar-refractivity contribution in [2.75, 3.05) is 6.61 Å². The van der Waals surface area contributed by atoms with Crippen molar-refractivity contribution in [3.8, 4) is 11.5 Å². The van der Waals surface area contributed by atoms with Gasteiger partial charge < -0.3 is 19.2 Å². The summed E-state index contributed by atoms with van der Waals surface area (Å²) in [5, 5.41) is 10.6. The van der Waals surface area contributed by atoms with Crippen molar-refractivity contribution in [1.82, 2.24) is 15.5 Å². The van der Waals surface area contributed by atoms with Gasteiger partial charge in [-0.3, -0.25) is 4.79 Å². The standard InChI is InChI=1S/C20H18FN3O4S/c1-12(18(25)22-10-13-6-8-14(21)9-7-13)29-20-24-23-19(28-20)17-11-26-15-4-2-3-5-16(15)27-17/h2-9,12,17H,10-11H2,1H3,(H,22,25)/t12-,17-/m0/s1. The molecule has 3 aromatic rings. The molecule has 0 saturated heterocycles. The van der Waals surface area contributed by atoms with Crippen LogP contribution < -0.4 is 14.8 Å². The number of hydrogen-bond acceptors (Lipinski definition) is 7. The number of para-hydroxylation sites is 2. The Labute approximate surface area is 170 Å². The van der Waals surface area contributed by atoms with Crippen molar-refractivity contribution >= 4 is 17.7 Å². The van der Waals surface area contributed by atoms with Gasteiger partial charge in [0.15, 0.2) is 11.5 Å². The van der Waals surface area contributed by atoms with Crippen LogP contribution in [0.1, 0.15) is 24.5 Å². The number of carbonyl (C=O) groups excluding carboxylic acids is 1. The van der Waals surface area contributed by atoms with E-state index in [2.05, 4.69) is 15.5 Å². The SMILES string of the molecule is C[C@H](Sc1nnc([C@@H]2COc3ccccc3O2)o1)C(=O)NCc1ccc(F)cc1. The number of aromatic nitrogens is 2.